The van der Waals surface area contributed by atoms with Gasteiger partial charge in [-0.25, -0.2) is 8.42 Å². The number of methoxy groups -OCH3 is 1. The lowest BCUT2D eigenvalue weighted by atomic mass is 10.3. The van der Waals surface area contributed by atoms with E-state index in [-0.39, 0.29) is 11.7 Å². The molecular weight excluding hydrogens is 256 g/mol. The molecule has 0 N–H and O–H groups in total. The quantitative estimate of drug-likeness (QED) is 0.704. The van der Waals surface area contributed by atoms with Crippen LogP contribution in [-0.2, 0) is 19.6 Å². The van der Waals surface area contributed by atoms with Crippen molar-refractivity contribution in [2.75, 3.05) is 39.0 Å². The average Bonchev–Trinajstić information content (AvgIpc) is 2.37. The van der Waals surface area contributed by atoms with Gasteiger partial charge in [-0.15, -0.1) is 0 Å². The summed E-state index contributed by atoms with van der Waals surface area (Å²) in [4.78, 5) is 13.5. The van der Waals surface area contributed by atoms with Gasteiger partial charge in [-0.1, -0.05) is 6.92 Å². The molecule has 0 aromatic heterocycles. The Bertz CT molecular complexity index is 375. The highest BCUT2D eigenvalue weighted by Gasteiger charge is 2.29. The van der Waals surface area contributed by atoms with E-state index in [1.54, 1.807) is 11.8 Å². The zero-order valence-electron chi connectivity index (χ0n) is 11.3. The summed E-state index contributed by atoms with van der Waals surface area (Å²) >= 11 is 0. The van der Waals surface area contributed by atoms with Gasteiger partial charge in [0.15, 0.2) is 0 Å². The van der Waals surface area contributed by atoms with Crippen LogP contribution in [0, 0.1) is 0 Å². The van der Waals surface area contributed by atoms with Gasteiger partial charge in [0.05, 0.1) is 5.75 Å². The highest BCUT2D eigenvalue weighted by molar-refractivity contribution is 7.89. The van der Waals surface area contributed by atoms with E-state index in [0.29, 0.717) is 32.6 Å². The molecule has 6 nitrogen and oxygen atoms in total. The SMILES string of the molecule is CCCS(=O)(=O)N1CCN(C(=O)C(C)OC)CC1. The third kappa shape index (κ3) is 3.66. The second-order valence-electron chi connectivity index (χ2n) is 4.42. The maximum atomic E-state index is 11.8. The molecule has 1 unspecified atom stereocenters. The first-order valence-corrected chi connectivity index (χ1v) is 7.82. The van der Waals surface area contributed by atoms with Gasteiger partial charge >= 0.3 is 0 Å². The first-order valence-electron chi connectivity index (χ1n) is 6.21. The fourth-order valence-corrected chi connectivity index (χ4v) is 3.43. The molecule has 1 aliphatic rings. The normalized spacial score (nSPS) is 19.8. The second kappa shape index (κ2) is 6.49. The van der Waals surface area contributed by atoms with Crippen molar-refractivity contribution in [3.8, 4) is 0 Å². The molecule has 18 heavy (non-hydrogen) atoms. The molecule has 0 radical (unpaired) electrons. The average molecular weight is 278 g/mol. The van der Waals surface area contributed by atoms with Crippen LogP contribution in [0.25, 0.3) is 0 Å². The van der Waals surface area contributed by atoms with E-state index >= 15 is 0 Å². The van der Waals surface area contributed by atoms with Crippen LogP contribution in [0.5, 0.6) is 0 Å². The molecule has 0 aromatic carbocycles. The number of nitrogens with zero attached hydrogens (tertiary/aromatic N) is 2. The van der Waals surface area contributed by atoms with Gasteiger partial charge in [0.25, 0.3) is 5.91 Å². The minimum Gasteiger partial charge on any atom is -0.372 e. The molecule has 7 heteroatoms. The lowest BCUT2D eigenvalue weighted by Crippen LogP contribution is -2.53. The van der Waals surface area contributed by atoms with Crippen LogP contribution in [0.15, 0.2) is 0 Å². The Hall–Kier alpha value is -0.660. The number of carbonyl (C=O) groups is 1. The maximum absolute atomic E-state index is 11.8. The molecule has 1 aliphatic heterocycles. The summed E-state index contributed by atoms with van der Waals surface area (Å²) < 4.78 is 30.1. The van der Waals surface area contributed by atoms with Gasteiger partial charge in [-0.2, -0.15) is 4.31 Å². The summed E-state index contributed by atoms with van der Waals surface area (Å²) in [6.07, 6.45) is 0.145. The molecule has 0 bridgehead atoms. The van der Waals surface area contributed by atoms with E-state index in [9.17, 15) is 13.2 Å². The number of hydrogen-bond donors (Lipinski definition) is 0. The van der Waals surface area contributed by atoms with Gasteiger partial charge in [-0.3, -0.25) is 4.79 Å². The van der Waals surface area contributed by atoms with Crippen molar-refractivity contribution in [1.82, 2.24) is 9.21 Å². The summed E-state index contributed by atoms with van der Waals surface area (Å²) in [6.45, 7) is 5.18. The summed E-state index contributed by atoms with van der Waals surface area (Å²) in [6, 6.07) is 0. The molecular formula is C11H22N2O4S. The van der Waals surface area contributed by atoms with Crippen LogP contribution in [0.2, 0.25) is 0 Å². The molecule has 1 heterocycles. The number of ether oxygens (including phenoxy) is 1. The van der Waals surface area contributed by atoms with Gasteiger partial charge in [0.1, 0.15) is 6.10 Å². The third-order valence-corrected chi connectivity index (χ3v) is 5.18. The summed E-state index contributed by atoms with van der Waals surface area (Å²) in [7, 11) is -1.65. The van der Waals surface area contributed by atoms with Crippen LogP contribution in [0.4, 0.5) is 0 Å². The molecule has 1 rings (SSSR count). The Morgan fingerprint density at radius 2 is 1.83 bits per heavy atom. The van der Waals surface area contributed by atoms with Crippen LogP contribution >= 0.6 is 0 Å². The summed E-state index contributed by atoms with van der Waals surface area (Å²) in [5.41, 5.74) is 0. The van der Waals surface area contributed by atoms with Crippen molar-refractivity contribution in [2.45, 2.75) is 26.4 Å². The molecule has 0 aliphatic carbocycles. The predicted molar refractivity (Wildman–Crippen MR) is 68.7 cm³/mol. The van der Waals surface area contributed by atoms with Gasteiger partial charge in [0.2, 0.25) is 10.0 Å². The molecule has 1 fully saturated rings. The number of piperazine rings is 1. The van der Waals surface area contributed by atoms with E-state index in [4.69, 9.17) is 4.74 Å². The number of rotatable bonds is 5. The van der Waals surface area contributed by atoms with Crippen LogP contribution in [0.3, 0.4) is 0 Å². The summed E-state index contributed by atoms with van der Waals surface area (Å²) in [5.74, 6) is 0.0973. The van der Waals surface area contributed by atoms with E-state index in [1.165, 1.54) is 11.4 Å². The Balaban J connectivity index is 2.54. The van der Waals surface area contributed by atoms with Crippen LogP contribution < -0.4 is 0 Å². The number of sulfonamides is 1. The van der Waals surface area contributed by atoms with E-state index in [0.717, 1.165) is 0 Å². The number of amides is 1. The van der Waals surface area contributed by atoms with Crippen molar-refractivity contribution in [2.24, 2.45) is 0 Å². The van der Waals surface area contributed by atoms with Crippen molar-refractivity contribution < 1.29 is 17.9 Å². The lowest BCUT2D eigenvalue weighted by molar-refractivity contribution is -0.142. The minimum atomic E-state index is -3.14. The third-order valence-electron chi connectivity index (χ3n) is 3.11. The minimum absolute atomic E-state index is 0.0787. The molecule has 1 amide bonds. The Morgan fingerprint density at radius 1 is 1.28 bits per heavy atom. The monoisotopic (exact) mass is 278 g/mol. The number of hydrogen-bond acceptors (Lipinski definition) is 4. The molecule has 106 valence electrons. The van der Waals surface area contributed by atoms with Crippen molar-refractivity contribution >= 4 is 15.9 Å². The fourth-order valence-electron chi connectivity index (χ4n) is 1.93. The molecule has 0 saturated carbocycles. The first kappa shape index (κ1) is 15.4. The highest BCUT2D eigenvalue weighted by atomic mass is 32.2. The van der Waals surface area contributed by atoms with Crippen molar-refractivity contribution in [1.29, 1.82) is 0 Å². The summed E-state index contributed by atoms with van der Waals surface area (Å²) in [5, 5.41) is 0. The smallest absolute Gasteiger partial charge is 0.251 e. The number of carbonyl (C=O) groups excluding carboxylic acids is 1. The largest absolute Gasteiger partial charge is 0.372 e. The van der Waals surface area contributed by atoms with E-state index < -0.39 is 16.1 Å². The molecule has 0 aromatic rings. The van der Waals surface area contributed by atoms with Gasteiger partial charge in [-0.05, 0) is 13.3 Å². The zero-order valence-corrected chi connectivity index (χ0v) is 12.1. The Morgan fingerprint density at radius 3 is 2.28 bits per heavy atom. The Labute approximate surface area is 109 Å². The highest BCUT2D eigenvalue weighted by Crippen LogP contribution is 2.10. The van der Waals surface area contributed by atoms with Gasteiger partial charge < -0.3 is 9.64 Å². The topological polar surface area (TPSA) is 66.9 Å². The standard InChI is InChI=1S/C11H22N2O4S/c1-4-9-18(15,16)13-7-5-12(6-8-13)11(14)10(2)17-3/h10H,4-9H2,1-3H3. The molecule has 1 atom stereocenters. The predicted octanol–water partition coefficient (Wildman–Crippen LogP) is -0.0947. The maximum Gasteiger partial charge on any atom is 0.251 e. The second-order valence-corrected chi connectivity index (χ2v) is 6.51. The van der Waals surface area contributed by atoms with E-state index in [2.05, 4.69) is 0 Å². The molecule has 1 saturated heterocycles. The van der Waals surface area contributed by atoms with E-state index in [1.807, 2.05) is 6.92 Å². The molecule has 0 spiro atoms. The zero-order chi connectivity index (χ0) is 13.8. The Kier molecular flexibility index (Phi) is 5.55. The lowest BCUT2D eigenvalue weighted by Gasteiger charge is -2.34. The fraction of sp³-hybridized carbons (Fsp3) is 0.909. The first-order chi connectivity index (χ1) is 8.42. The van der Waals surface area contributed by atoms with Crippen LogP contribution in [0.1, 0.15) is 20.3 Å². The van der Waals surface area contributed by atoms with Gasteiger partial charge in [0, 0.05) is 33.3 Å². The van der Waals surface area contributed by atoms with Crippen molar-refractivity contribution in [3.05, 3.63) is 0 Å². The van der Waals surface area contributed by atoms with Crippen LogP contribution in [-0.4, -0.2) is 68.7 Å². The van der Waals surface area contributed by atoms with Crippen molar-refractivity contribution in [3.63, 3.8) is 0 Å².